The Morgan fingerprint density at radius 2 is 1.93 bits per heavy atom. The highest BCUT2D eigenvalue weighted by molar-refractivity contribution is 7.94. The molecule has 1 aliphatic rings. The minimum Gasteiger partial charge on any atom is -0.497 e. The number of sulfonamides is 1. The number of rotatable bonds is 6. The lowest BCUT2D eigenvalue weighted by Gasteiger charge is -2.15. The SMILES string of the molecule is COc1ccc(CCNC(=O)c2cccc(N3C(=O)CCS3(=O)=O)c2)cc1. The second-order valence-corrected chi connectivity index (χ2v) is 8.07. The zero-order chi connectivity index (χ0) is 19.4. The Hall–Kier alpha value is -2.87. The van der Waals surface area contributed by atoms with Crippen molar-refractivity contribution in [1.29, 1.82) is 0 Å². The van der Waals surface area contributed by atoms with Crippen LogP contribution in [0.2, 0.25) is 0 Å². The van der Waals surface area contributed by atoms with Crippen molar-refractivity contribution in [1.82, 2.24) is 5.32 Å². The van der Waals surface area contributed by atoms with E-state index in [-0.39, 0.29) is 23.8 Å². The maximum absolute atomic E-state index is 12.4. The molecule has 8 heteroatoms. The molecule has 1 fully saturated rings. The summed E-state index contributed by atoms with van der Waals surface area (Å²) in [6.07, 6.45) is 0.606. The second kappa shape index (κ2) is 7.79. The zero-order valence-electron chi connectivity index (χ0n) is 14.8. The van der Waals surface area contributed by atoms with Gasteiger partial charge in [0, 0.05) is 18.5 Å². The summed E-state index contributed by atoms with van der Waals surface area (Å²) in [5, 5.41) is 2.80. The molecule has 142 valence electrons. The van der Waals surface area contributed by atoms with Crippen molar-refractivity contribution in [2.75, 3.05) is 23.7 Å². The quantitative estimate of drug-likeness (QED) is 0.814. The molecule has 0 aromatic heterocycles. The fourth-order valence-corrected chi connectivity index (χ4v) is 4.31. The minimum atomic E-state index is -3.65. The molecule has 0 bridgehead atoms. The van der Waals surface area contributed by atoms with Gasteiger partial charge in [0.15, 0.2) is 0 Å². The van der Waals surface area contributed by atoms with Gasteiger partial charge in [-0.2, -0.15) is 0 Å². The normalized spacial score (nSPS) is 15.6. The van der Waals surface area contributed by atoms with Gasteiger partial charge in [0.25, 0.3) is 5.91 Å². The van der Waals surface area contributed by atoms with Gasteiger partial charge in [-0.25, -0.2) is 12.7 Å². The number of anilines is 1. The fourth-order valence-electron chi connectivity index (χ4n) is 2.86. The summed E-state index contributed by atoms with van der Waals surface area (Å²) < 4.78 is 29.9. The Kier molecular flexibility index (Phi) is 5.46. The van der Waals surface area contributed by atoms with Crippen LogP contribution >= 0.6 is 0 Å². The third-order valence-electron chi connectivity index (χ3n) is 4.28. The van der Waals surface area contributed by atoms with Gasteiger partial charge in [0.1, 0.15) is 5.75 Å². The molecule has 0 atom stereocenters. The molecule has 0 unspecified atom stereocenters. The highest BCUT2D eigenvalue weighted by Gasteiger charge is 2.36. The molecule has 3 rings (SSSR count). The molecule has 0 saturated carbocycles. The minimum absolute atomic E-state index is 0.0411. The molecular weight excluding hydrogens is 368 g/mol. The van der Waals surface area contributed by atoms with Crippen molar-refractivity contribution >= 4 is 27.5 Å². The predicted octanol–water partition coefficient (Wildman–Crippen LogP) is 1.73. The molecule has 27 heavy (non-hydrogen) atoms. The molecule has 0 radical (unpaired) electrons. The number of benzene rings is 2. The highest BCUT2D eigenvalue weighted by Crippen LogP contribution is 2.25. The van der Waals surface area contributed by atoms with E-state index in [0.29, 0.717) is 18.5 Å². The van der Waals surface area contributed by atoms with Crippen LogP contribution in [0, 0.1) is 0 Å². The van der Waals surface area contributed by atoms with Gasteiger partial charge < -0.3 is 10.1 Å². The summed E-state index contributed by atoms with van der Waals surface area (Å²) >= 11 is 0. The predicted molar refractivity (Wildman–Crippen MR) is 101 cm³/mol. The summed E-state index contributed by atoms with van der Waals surface area (Å²) in [6.45, 7) is 0.427. The lowest BCUT2D eigenvalue weighted by molar-refractivity contribution is -0.116. The first-order valence-corrected chi connectivity index (χ1v) is 10.1. The second-order valence-electron chi connectivity index (χ2n) is 6.13. The van der Waals surface area contributed by atoms with E-state index in [1.165, 1.54) is 12.1 Å². The summed E-state index contributed by atoms with van der Waals surface area (Å²) in [4.78, 5) is 24.2. The van der Waals surface area contributed by atoms with Crippen molar-refractivity contribution in [3.05, 3.63) is 59.7 Å². The average molecular weight is 388 g/mol. The van der Waals surface area contributed by atoms with Crippen LogP contribution in [0.15, 0.2) is 48.5 Å². The molecule has 2 aromatic carbocycles. The maximum Gasteiger partial charge on any atom is 0.251 e. The number of methoxy groups -OCH3 is 1. The number of hydrogen-bond acceptors (Lipinski definition) is 5. The monoisotopic (exact) mass is 388 g/mol. The van der Waals surface area contributed by atoms with Crippen LogP contribution in [0.3, 0.4) is 0 Å². The Morgan fingerprint density at radius 1 is 1.19 bits per heavy atom. The van der Waals surface area contributed by atoms with Gasteiger partial charge in [-0.1, -0.05) is 18.2 Å². The lowest BCUT2D eigenvalue weighted by atomic mass is 10.1. The molecule has 1 saturated heterocycles. The number of carbonyl (C=O) groups is 2. The number of hydrogen-bond donors (Lipinski definition) is 1. The summed E-state index contributed by atoms with van der Waals surface area (Å²) in [7, 11) is -2.05. The van der Waals surface area contributed by atoms with E-state index in [0.717, 1.165) is 15.6 Å². The number of carbonyl (C=O) groups excluding carboxylic acids is 2. The first-order chi connectivity index (χ1) is 12.9. The van der Waals surface area contributed by atoms with Crippen LogP contribution in [0.25, 0.3) is 0 Å². The molecule has 7 nitrogen and oxygen atoms in total. The Labute approximate surface area is 158 Å². The van der Waals surface area contributed by atoms with Gasteiger partial charge in [0.05, 0.1) is 18.6 Å². The van der Waals surface area contributed by atoms with E-state index < -0.39 is 15.9 Å². The first kappa shape index (κ1) is 18.9. The third kappa shape index (κ3) is 4.28. The van der Waals surface area contributed by atoms with Gasteiger partial charge >= 0.3 is 0 Å². The number of nitrogens with one attached hydrogen (secondary N) is 1. The molecule has 2 aromatic rings. The van der Waals surface area contributed by atoms with Crippen LogP contribution in [0.4, 0.5) is 5.69 Å². The van der Waals surface area contributed by atoms with Crippen molar-refractivity contribution in [3.8, 4) is 5.75 Å². The van der Waals surface area contributed by atoms with Gasteiger partial charge in [-0.15, -0.1) is 0 Å². The van der Waals surface area contributed by atoms with Crippen molar-refractivity contribution in [2.24, 2.45) is 0 Å². The van der Waals surface area contributed by atoms with Gasteiger partial charge in [-0.05, 0) is 42.3 Å². The molecular formula is C19H20N2O5S. The van der Waals surface area contributed by atoms with E-state index in [1.807, 2.05) is 24.3 Å². The average Bonchev–Trinajstić information content (AvgIpc) is 2.95. The van der Waals surface area contributed by atoms with E-state index >= 15 is 0 Å². The smallest absolute Gasteiger partial charge is 0.251 e. The topological polar surface area (TPSA) is 92.8 Å². The summed E-state index contributed by atoms with van der Waals surface area (Å²) in [5.41, 5.74) is 1.55. The Bertz CT molecular complexity index is 954. The number of ether oxygens (including phenoxy) is 1. The summed E-state index contributed by atoms with van der Waals surface area (Å²) in [5.74, 6) is -0.239. The number of amides is 2. The van der Waals surface area contributed by atoms with Crippen LogP contribution in [-0.2, 0) is 21.2 Å². The lowest BCUT2D eigenvalue weighted by Crippen LogP contribution is -2.30. The van der Waals surface area contributed by atoms with Crippen LogP contribution < -0.4 is 14.4 Å². The third-order valence-corrected chi connectivity index (χ3v) is 5.97. The highest BCUT2D eigenvalue weighted by atomic mass is 32.2. The Balaban J connectivity index is 1.64. The van der Waals surface area contributed by atoms with Crippen molar-refractivity contribution < 1.29 is 22.7 Å². The molecule has 1 N–H and O–H groups in total. The van der Waals surface area contributed by atoms with Crippen LogP contribution in [-0.4, -0.2) is 39.6 Å². The molecule has 2 amide bonds. The van der Waals surface area contributed by atoms with E-state index in [9.17, 15) is 18.0 Å². The molecule has 1 aliphatic heterocycles. The molecule has 0 aliphatic carbocycles. The summed E-state index contributed by atoms with van der Waals surface area (Å²) in [6, 6.07) is 13.6. The van der Waals surface area contributed by atoms with Gasteiger partial charge in [0.2, 0.25) is 15.9 Å². The van der Waals surface area contributed by atoms with Gasteiger partial charge in [-0.3, -0.25) is 9.59 Å². The largest absolute Gasteiger partial charge is 0.497 e. The molecule has 1 heterocycles. The zero-order valence-corrected chi connectivity index (χ0v) is 15.7. The molecule has 0 spiro atoms. The van der Waals surface area contributed by atoms with Crippen LogP contribution in [0.1, 0.15) is 22.3 Å². The first-order valence-electron chi connectivity index (χ1n) is 8.48. The van der Waals surface area contributed by atoms with E-state index in [1.54, 1.807) is 19.2 Å². The Morgan fingerprint density at radius 3 is 2.56 bits per heavy atom. The van der Waals surface area contributed by atoms with Crippen molar-refractivity contribution in [3.63, 3.8) is 0 Å². The maximum atomic E-state index is 12.4. The van der Waals surface area contributed by atoms with Crippen LogP contribution in [0.5, 0.6) is 5.75 Å². The fraction of sp³-hybridized carbons (Fsp3) is 0.263. The van der Waals surface area contributed by atoms with Crippen molar-refractivity contribution in [2.45, 2.75) is 12.8 Å². The standard InChI is InChI=1S/C19H20N2O5S/c1-26-17-7-5-14(6-8-17)9-11-20-19(23)15-3-2-4-16(13-15)21-18(22)10-12-27(21,24)25/h2-8,13H,9-12H2,1H3,(H,20,23). The van der Waals surface area contributed by atoms with E-state index in [2.05, 4.69) is 5.32 Å². The number of nitrogens with zero attached hydrogens (tertiary/aromatic N) is 1. The van der Waals surface area contributed by atoms with E-state index in [4.69, 9.17) is 4.74 Å².